The monoisotopic (exact) mass is 778 g/mol. The van der Waals surface area contributed by atoms with Gasteiger partial charge in [-0.1, -0.05) is 62.9 Å². The number of imide groups is 2. The third kappa shape index (κ3) is 5.01. The zero-order chi connectivity index (χ0) is 35.2. The van der Waals surface area contributed by atoms with Crippen LogP contribution >= 0.6 is 39.1 Å². The fourth-order valence-electron chi connectivity index (χ4n) is 8.01. The van der Waals surface area contributed by atoms with E-state index in [1.807, 2.05) is 0 Å². The molecule has 0 spiro atoms. The number of nitrogens with zero attached hydrogens (tertiary/aromatic N) is 2. The Bertz CT molecular complexity index is 1990. The normalized spacial score (nSPS) is 27.7. The zero-order valence-corrected chi connectivity index (χ0v) is 28.2. The molecule has 2 saturated heterocycles. The van der Waals surface area contributed by atoms with Gasteiger partial charge in [-0.2, -0.15) is 18.2 Å². The lowest BCUT2D eigenvalue weighted by Gasteiger charge is -2.50. The maximum Gasteiger partial charge on any atom is 0.417 e. The first-order valence-corrected chi connectivity index (χ1v) is 16.5. The summed E-state index contributed by atoms with van der Waals surface area (Å²) < 4.78 is 46.0. The molecule has 10 nitrogen and oxygen atoms in total. The first-order valence-electron chi connectivity index (χ1n) is 14.9. The van der Waals surface area contributed by atoms with Gasteiger partial charge < -0.3 is 9.84 Å². The van der Waals surface area contributed by atoms with E-state index in [0.29, 0.717) is 37.9 Å². The number of alkyl halides is 3. The van der Waals surface area contributed by atoms with E-state index in [4.69, 9.17) is 27.9 Å². The Morgan fingerprint density at radius 3 is 2.45 bits per heavy atom. The van der Waals surface area contributed by atoms with Gasteiger partial charge in [0.1, 0.15) is 0 Å². The minimum Gasteiger partial charge on any atom is -0.504 e. The second-order valence-electron chi connectivity index (χ2n) is 12.3. The van der Waals surface area contributed by atoms with E-state index in [-0.39, 0.29) is 35.7 Å². The van der Waals surface area contributed by atoms with Crippen LogP contribution in [0.3, 0.4) is 0 Å². The molecule has 4 aliphatic rings. The number of hydrogen-bond acceptors (Lipinski definition) is 8. The van der Waals surface area contributed by atoms with Crippen molar-refractivity contribution >= 4 is 68.6 Å². The average Bonchev–Trinajstić information content (AvgIpc) is 3.46. The number of carbonyl (C=O) groups excluding carboxylic acids is 4. The third-order valence-corrected chi connectivity index (χ3v) is 11.0. The molecule has 16 heteroatoms. The number of fused-ring (bicyclic) bond motifs is 4. The maximum atomic E-state index is 15.1. The predicted molar refractivity (Wildman–Crippen MR) is 172 cm³/mol. The van der Waals surface area contributed by atoms with Gasteiger partial charge in [0.15, 0.2) is 17.3 Å². The highest BCUT2D eigenvalue weighted by Crippen LogP contribution is 2.65. The molecule has 1 aromatic heterocycles. The van der Waals surface area contributed by atoms with Crippen molar-refractivity contribution in [3.05, 3.63) is 91.5 Å². The zero-order valence-electron chi connectivity index (χ0n) is 25.1. The number of benzene rings is 2. The molecule has 0 radical (unpaired) electrons. The maximum absolute atomic E-state index is 15.1. The van der Waals surface area contributed by atoms with Crippen LogP contribution in [0.4, 0.5) is 19.0 Å². The van der Waals surface area contributed by atoms with Gasteiger partial charge in [0.2, 0.25) is 11.8 Å². The minimum absolute atomic E-state index is 0.0599. The number of ether oxygens (including phenoxy) is 1. The summed E-state index contributed by atoms with van der Waals surface area (Å²) in [6.45, 7) is 0. The second-order valence-corrected chi connectivity index (χ2v) is 14.1. The van der Waals surface area contributed by atoms with Crippen LogP contribution in [0.5, 0.6) is 11.5 Å². The number of hydrogen-bond donors (Lipinski definition) is 3. The molecule has 3 N–H and O–H groups in total. The highest BCUT2D eigenvalue weighted by atomic mass is 79.9. The van der Waals surface area contributed by atoms with Gasteiger partial charge in [0, 0.05) is 27.2 Å². The summed E-state index contributed by atoms with van der Waals surface area (Å²) in [5.74, 6) is -7.81. The van der Waals surface area contributed by atoms with Gasteiger partial charge in [-0.25, -0.2) is 4.98 Å². The van der Waals surface area contributed by atoms with E-state index in [0.717, 1.165) is 0 Å². The number of aromatic nitrogens is 1. The number of halogens is 6. The van der Waals surface area contributed by atoms with Gasteiger partial charge in [0.25, 0.3) is 11.8 Å². The minimum atomic E-state index is -4.75. The molecule has 1 saturated carbocycles. The van der Waals surface area contributed by atoms with Crippen molar-refractivity contribution in [1.29, 1.82) is 0 Å². The average molecular weight is 780 g/mol. The Labute approximate surface area is 294 Å². The fourth-order valence-corrected chi connectivity index (χ4v) is 8.80. The number of amides is 4. The molecule has 3 fully saturated rings. The van der Waals surface area contributed by atoms with Crippen LogP contribution in [-0.4, -0.2) is 45.8 Å². The van der Waals surface area contributed by atoms with Crippen molar-refractivity contribution in [1.82, 2.24) is 15.3 Å². The van der Waals surface area contributed by atoms with Crippen molar-refractivity contribution in [3.63, 3.8) is 0 Å². The summed E-state index contributed by atoms with van der Waals surface area (Å²) in [5.41, 5.74) is 0.702. The number of pyridine rings is 1. The highest BCUT2D eigenvalue weighted by Gasteiger charge is 2.70. The number of hydrazine groups is 1. The van der Waals surface area contributed by atoms with Crippen LogP contribution in [-0.2, 0) is 30.8 Å². The van der Waals surface area contributed by atoms with Crippen LogP contribution in [0.1, 0.15) is 35.4 Å². The van der Waals surface area contributed by atoms with Gasteiger partial charge in [-0.3, -0.25) is 29.9 Å². The summed E-state index contributed by atoms with van der Waals surface area (Å²) in [6.07, 6.45) is -2.34. The van der Waals surface area contributed by atoms with Crippen molar-refractivity contribution in [2.45, 2.75) is 30.4 Å². The molecule has 7 rings (SSSR count). The molecule has 3 heterocycles. The smallest absolute Gasteiger partial charge is 0.417 e. The summed E-state index contributed by atoms with van der Waals surface area (Å²) in [7, 11) is 1.35. The molecular weight excluding hydrogens is 756 g/mol. The van der Waals surface area contributed by atoms with Crippen LogP contribution < -0.4 is 15.5 Å². The summed E-state index contributed by atoms with van der Waals surface area (Å²) in [5, 5.41) is 14.6. The summed E-state index contributed by atoms with van der Waals surface area (Å²) in [4.78, 5) is 59.6. The van der Waals surface area contributed by atoms with Crippen LogP contribution in [0.15, 0.2) is 64.8 Å². The molecule has 254 valence electrons. The number of methoxy groups -OCH3 is 1. The molecule has 4 amide bonds. The highest BCUT2D eigenvalue weighted by molar-refractivity contribution is 9.10. The van der Waals surface area contributed by atoms with Gasteiger partial charge in [0.05, 0.1) is 40.9 Å². The van der Waals surface area contributed by atoms with Crippen LogP contribution in [0, 0.1) is 23.7 Å². The van der Waals surface area contributed by atoms with E-state index in [1.54, 1.807) is 36.4 Å². The quantitative estimate of drug-likeness (QED) is 0.207. The standard InChI is InChI=1S/C33H24BrCl2F3N4O6/c1-49-23-10-15(34)9-20(26(23)44)25-17-6-7-18-24(29(46)41-28(18)45)19(17)11-21-30(47)43(31(48)32(21,25)13-2-4-16(35)5-3-13)42-27-22(36)8-14(12-40-27)33(37,38)39/h2-6,8-10,12,18-19,21,24-25,44H,7,11H2,1H3,(H,40,42)(H,41,45,46). The molecule has 0 bridgehead atoms. The first-order chi connectivity index (χ1) is 23.2. The number of aromatic hydroxyl groups is 1. The van der Waals surface area contributed by atoms with E-state index in [2.05, 4.69) is 31.7 Å². The molecule has 2 aromatic carbocycles. The topological polar surface area (TPSA) is 138 Å². The Hall–Kier alpha value is -4.14. The van der Waals surface area contributed by atoms with Gasteiger partial charge >= 0.3 is 6.18 Å². The molecule has 3 aromatic rings. The van der Waals surface area contributed by atoms with Crippen molar-refractivity contribution in [2.24, 2.45) is 23.7 Å². The second kappa shape index (κ2) is 11.7. The number of nitrogens with one attached hydrogen (secondary N) is 2. The fraction of sp³-hybridized carbons (Fsp3) is 0.303. The number of phenols is 1. The van der Waals surface area contributed by atoms with Crippen molar-refractivity contribution < 1.29 is 42.2 Å². The lowest BCUT2D eigenvalue weighted by molar-refractivity contribution is -0.139. The number of anilines is 1. The molecule has 2 aliphatic heterocycles. The lowest BCUT2D eigenvalue weighted by atomic mass is 9.49. The lowest BCUT2D eigenvalue weighted by Crippen LogP contribution is -2.53. The SMILES string of the molecule is COc1cc(Br)cc(C2C3=CCC4C(=O)NC(=O)C4C3CC3C(=O)N(Nc4ncc(C(F)(F)F)cc4Cl)C(=O)C32c2ccc(Cl)cc2)c1O. The van der Waals surface area contributed by atoms with E-state index >= 15 is 4.79 Å². The Morgan fingerprint density at radius 1 is 1.08 bits per heavy atom. The summed E-state index contributed by atoms with van der Waals surface area (Å²) >= 11 is 15.9. The molecule has 6 unspecified atom stereocenters. The van der Waals surface area contributed by atoms with E-state index in [1.165, 1.54) is 13.2 Å². The van der Waals surface area contributed by atoms with Gasteiger partial charge in [-0.15, -0.1) is 0 Å². The first kappa shape index (κ1) is 33.4. The van der Waals surface area contributed by atoms with Gasteiger partial charge in [-0.05, 0) is 54.7 Å². The number of phenolic OH excluding ortho intramolecular Hbond substituents is 1. The van der Waals surface area contributed by atoms with Crippen molar-refractivity contribution in [3.8, 4) is 11.5 Å². The van der Waals surface area contributed by atoms with Crippen LogP contribution in [0.2, 0.25) is 10.0 Å². The van der Waals surface area contributed by atoms with Crippen molar-refractivity contribution in [2.75, 3.05) is 12.5 Å². The molecule has 6 atom stereocenters. The molecule has 2 aliphatic carbocycles. The number of allylic oxidation sites excluding steroid dienone is 2. The molecule has 49 heavy (non-hydrogen) atoms. The Balaban J connectivity index is 1.48. The third-order valence-electron chi connectivity index (χ3n) is 10.0. The van der Waals surface area contributed by atoms with E-state index in [9.17, 15) is 32.7 Å². The summed E-state index contributed by atoms with van der Waals surface area (Å²) in [6, 6.07) is 10.00. The largest absolute Gasteiger partial charge is 0.504 e. The number of carbonyl (C=O) groups is 4. The predicted octanol–water partition coefficient (Wildman–Crippen LogP) is 6.16. The Kier molecular flexibility index (Phi) is 7.99. The molecular formula is C33H24BrCl2F3N4O6. The van der Waals surface area contributed by atoms with Crippen LogP contribution in [0.25, 0.3) is 0 Å². The Morgan fingerprint density at radius 2 is 1.80 bits per heavy atom. The number of rotatable bonds is 5. The van der Waals surface area contributed by atoms with E-state index < -0.39 is 75.4 Å².